The zero-order valence-corrected chi connectivity index (χ0v) is 17.2. The van der Waals surface area contributed by atoms with Gasteiger partial charge >= 0.3 is 0 Å². The lowest BCUT2D eigenvalue weighted by atomic mass is 10.2. The number of nitrogens with one attached hydrogen (secondary N) is 1. The Labute approximate surface area is 174 Å². The summed E-state index contributed by atoms with van der Waals surface area (Å²) in [4.78, 5) is 0.0897. The third kappa shape index (κ3) is 4.04. The van der Waals surface area contributed by atoms with Gasteiger partial charge in [0, 0.05) is 10.6 Å². The number of para-hydroxylation sites is 1. The van der Waals surface area contributed by atoms with Gasteiger partial charge in [-0.05, 0) is 36.8 Å². The van der Waals surface area contributed by atoms with Gasteiger partial charge in [0.1, 0.15) is 10.6 Å². The van der Waals surface area contributed by atoms with E-state index in [1.807, 2.05) is 67.6 Å². The van der Waals surface area contributed by atoms with Gasteiger partial charge < -0.3 is 0 Å². The molecule has 0 saturated carbocycles. The molecule has 29 heavy (non-hydrogen) atoms. The van der Waals surface area contributed by atoms with Crippen molar-refractivity contribution < 1.29 is 8.42 Å². The third-order valence-corrected chi connectivity index (χ3v) is 6.08. The standard InChI is InChI=1S/C22H18ClN3O2S/c1-16-12-13-18(23)14-20(16)25-29(27,28)21-15-26(19-10-6-3-7-11-19)24-22(21)17-8-4-2-5-9-17/h2-15,25H,1H3. The number of halogens is 1. The number of benzene rings is 3. The van der Waals surface area contributed by atoms with Gasteiger partial charge in [-0.15, -0.1) is 0 Å². The van der Waals surface area contributed by atoms with E-state index in [0.29, 0.717) is 22.0 Å². The number of rotatable bonds is 5. The van der Waals surface area contributed by atoms with Crippen LogP contribution < -0.4 is 4.72 Å². The second-order valence-corrected chi connectivity index (χ2v) is 8.64. The summed E-state index contributed by atoms with van der Waals surface area (Å²) in [5, 5.41) is 5.03. The summed E-state index contributed by atoms with van der Waals surface area (Å²) >= 11 is 6.05. The van der Waals surface area contributed by atoms with E-state index < -0.39 is 10.0 Å². The van der Waals surface area contributed by atoms with Crippen LogP contribution in [0.5, 0.6) is 0 Å². The van der Waals surface area contributed by atoms with Crippen LogP contribution in [-0.4, -0.2) is 18.2 Å². The zero-order valence-electron chi connectivity index (χ0n) is 15.6. The first kappa shape index (κ1) is 19.2. The molecular weight excluding hydrogens is 406 g/mol. The fraction of sp³-hybridized carbons (Fsp3) is 0.0455. The average molecular weight is 424 g/mol. The summed E-state index contributed by atoms with van der Waals surface area (Å²) in [5.41, 5.74) is 3.07. The summed E-state index contributed by atoms with van der Waals surface area (Å²) in [5.74, 6) is 0. The first-order valence-corrected chi connectivity index (χ1v) is 10.8. The molecule has 1 heterocycles. The topological polar surface area (TPSA) is 64.0 Å². The molecule has 0 aliphatic heterocycles. The highest BCUT2D eigenvalue weighted by molar-refractivity contribution is 7.92. The highest BCUT2D eigenvalue weighted by Crippen LogP contribution is 2.30. The lowest BCUT2D eigenvalue weighted by Gasteiger charge is -2.11. The van der Waals surface area contributed by atoms with Gasteiger partial charge in [-0.3, -0.25) is 4.72 Å². The molecule has 0 fully saturated rings. The second-order valence-electron chi connectivity index (χ2n) is 6.55. The van der Waals surface area contributed by atoms with E-state index in [4.69, 9.17) is 11.6 Å². The van der Waals surface area contributed by atoms with Crippen molar-refractivity contribution in [3.05, 3.63) is 95.6 Å². The first-order chi connectivity index (χ1) is 13.9. The van der Waals surface area contributed by atoms with Gasteiger partial charge in [-0.2, -0.15) is 5.10 Å². The Bertz CT molecular complexity index is 1250. The quantitative estimate of drug-likeness (QED) is 0.473. The molecule has 3 aromatic carbocycles. The summed E-state index contributed by atoms with van der Waals surface area (Å²) < 4.78 is 30.8. The highest BCUT2D eigenvalue weighted by Gasteiger charge is 2.25. The number of anilines is 1. The molecule has 0 atom stereocenters. The predicted molar refractivity (Wildman–Crippen MR) is 116 cm³/mol. The summed E-state index contributed by atoms with van der Waals surface area (Å²) in [7, 11) is -3.91. The molecule has 0 aliphatic carbocycles. The van der Waals surface area contributed by atoms with E-state index in [-0.39, 0.29) is 4.90 Å². The number of aryl methyl sites for hydroxylation is 1. The number of sulfonamides is 1. The minimum Gasteiger partial charge on any atom is -0.279 e. The minimum atomic E-state index is -3.91. The van der Waals surface area contributed by atoms with E-state index in [0.717, 1.165) is 11.3 Å². The van der Waals surface area contributed by atoms with Gasteiger partial charge in [0.2, 0.25) is 0 Å². The van der Waals surface area contributed by atoms with Crippen LogP contribution >= 0.6 is 11.6 Å². The molecule has 1 N–H and O–H groups in total. The summed E-state index contributed by atoms with van der Waals surface area (Å²) in [6, 6.07) is 23.7. The fourth-order valence-corrected chi connectivity index (χ4v) is 4.41. The molecule has 0 radical (unpaired) electrons. The highest BCUT2D eigenvalue weighted by atomic mass is 35.5. The summed E-state index contributed by atoms with van der Waals surface area (Å²) in [6.07, 6.45) is 1.53. The normalized spacial score (nSPS) is 11.4. The molecule has 7 heteroatoms. The number of hydrogen-bond acceptors (Lipinski definition) is 3. The molecule has 0 spiro atoms. The van der Waals surface area contributed by atoms with Crippen molar-refractivity contribution in [2.75, 3.05) is 4.72 Å². The maximum atomic E-state index is 13.3. The van der Waals surface area contributed by atoms with Crippen molar-refractivity contribution in [1.82, 2.24) is 9.78 Å². The van der Waals surface area contributed by atoms with Crippen LogP contribution in [0.2, 0.25) is 5.02 Å². The van der Waals surface area contributed by atoms with E-state index >= 15 is 0 Å². The first-order valence-electron chi connectivity index (χ1n) is 8.93. The SMILES string of the molecule is Cc1ccc(Cl)cc1NS(=O)(=O)c1cn(-c2ccccc2)nc1-c1ccccc1. The Morgan fingerprint density at radius 1 is 0.931 bits per heavy atom. The largest absolute Gasteiger partial charge is 0.279 e. The minimum absolute atomic E-state index is 0.0897. The molecule has 0 unspecified atom stereocenters. The van der Waals surface area contributed by atoms with Crippen molar-refractivity contribution in [3.8, 4) is 16.9 Å². The Kier molecular flexibility index (Phi) is 5.13. The van der Waals surface area contributed by atoms with E-state index in [1.54, 1.807) is 22.9 Å². The molecule has 1 aromatic heterocycles. The molecule has 0 saturated heterocycles. The van der Waals surface area contributed by atoms with Crippen LogP contribution in [0.4, 0.5) is 5.69 Å². The molecule has 0 amide bonds. The maximum Gasteiger partial charge on any atom is 0.265 e. The monoisotopic (exact) mass is 423 g/mol. The number of hydrogen-bond donors (Lipinski definition) is 1. The van der Waals surface area contributed by atoms with Crippen LogP contribution in [0.15, 0.2) is 90.0 Å². The van der Waals surface area contributed by atoms with Crippen molar-refractivity contribution >= 4 is 27.3 Å². The van der Waals surface area contributed by atoms with Crippen molar-refractivity contribution in [2.45, 2.75) is 11.8 Å². The van der Waals surface area contributed by atoms with E-state index in [1.165, 1.54) is 6.20 Å². The van der Waals surface area contributed by atoms with E-state index in [9.17, 15) is 8.42 Å². The van der Waals surface area contributed by atoms with E-state index in [2.05, 4.69) is 9.82 Å². The Hall–Kier alpha value is -3.09. The number of nitrogens with zero attached hydrogens (tertiary/aromatic N) is 2. The van der Waals surface area contributed by atoms with Crippen LogP contribution in [0.1, 0.15) is 5.56 Å². The van der Waals surface area contributed by atoms with Crippen molar-refractivity contribution in [2.24, 2.45) is 0 Å². The second kappa shape index (κ2) is 7.73. The third-order valence-electron chi connectivity index (χ3n) is 4.48. The predicted octanol–water partition coefficient (Wildman–Crippen LogP) is 5.30. The fourth-order valence-electron chi connectivity index (χ4n) is 2.97. The molecule has 0 aliphatic rings. The van der Waals surface area contributed by atoms with Crippen LogP contribution in [0.25, 0.3) is 16.9 Å². The maximum absolute atomic E-state index is 13.3. The van der Waals surface area contributed by atoms with Gasteiger partial charge in [-0.1, -0.05) is 66.2 Å². The summed E-state index contributed by atoms with van der Waals surface area (Å²) in [6.45, 7) is 1.82. The molecule has 4 aromatic rings. The van der Waals surface area contributed by atoms with Crippen LogP contribution in [-0.2, 0) is 10.0 Å². The van der Waals surface area contributed by atoms with Gasteiger partial charge in [0.25, 0.3) is 10.0 Å². The molecule has 146 valence electrons. The molecule has 5 nitrogen and oxygen atoms in total. The van der Waals surface area contributed by atoms with Gasteiger partial charge in [-0.25, -0.2) is 13.1 Å². The van der Waals surface area contributed by atoms with Gasteiger partial charge in [0.15, 0.2) is 0 Å². The van der Waals surface area contributed by atoms with Gasteiger partial charge in [0.05, 0.1) is 17.6 Å². The zero-order chi connectivity index (χ0) is 20.4. The van der Waals surface area contributed by atoms with Crippen molar-refractivity contribution in [1.29, 1.82) is 0 Å². The average Bonchev–Trinajstić information content (AvgIpc) is 3.19. The lowest BCUT2D eigenvalue weighted by Crippen LogP contribution is -2.14. The lowest BCUT2D eigenvalue weighted by molar-refractivity contribution is 0.601. The van der Waals surface area contributed by atoms with Crippen LogP contribution in [0, 0.1) is 6.92 Å². The molecule has 4 rings (SSSR count). The molecule has 0 bridgehead atoms. The number of aromatic nitrogens is 2. The smallest absolute Gasteiger partial charge is 0.265 e. The van der Waals surface area contributed by atoms with Crippen LogP contribution in [0.3, 0.4) is 0 Å². The molecular formula is C22H18ClN3O2S. The Morgan fingerprint density at radius 3 is 2.28 bits per heavy atom. The Balaban J connectivity index is 1.85. The Morgan fingerprint density at radius 2 is 1.59 bits per heavy atom. The van der Waals surface area contributed by atoms with Crippen molar-refractivity contribution in [3.63, 3.8) is 0 Å².